The Kier molecular flexibility index (Phi) is 2.99. The van der Waals surface area contributed by atoms with Gasteiger partial charge < -0.3 is 9.88 Å². The molecular weight excluding hydrogens is 154 g/mol. The molecule has 0 aromatic carbocycles. The molecule has 0 fully saturated rings. The Morgan fingerprint density at radius 1 is 1.75 bits per heavy atom. The van der Waals surface area contributed by atoms with Gasteiger partial charge in [0.25, 0.3) is 0 Å². The normalized spacial score (nSPS) is 10.2. The highest BCUT2D eigenvalue weighted by molar-refractivity contribution is 5.95. The molecule has 0 aliphatic heterocycles. The molecular formula is C8H13N3O. The molecule has 0 saturated carbocycles. The van der Waals surface area contributed by atoms with Gasteiger partial charge in [0, 0.05) is 6.54 Å². The summed E-state index contributed by atoms with van der Waals surface area (Å²) in [6.45, 7) is 3.13. The van der Waals surface area contributed by atoms with Gasteiger partial charge in [0.05, 0.1) is 19.1 Å². The minimum atomic E-state index is 0.0804. The highest BCUT2D eigenvalue weighted by Gasteiger charge is 2.08. The van der Waals surface area contributed by atoms with Crippen LogP contribution in [0.25, 0.3) is 0 Å². The lowest BCUT2D eigenvalue weighted by atomic mass is 10.3. The van der Waals surface area contributed by atoms with Gasteiger partial charge in [-0.1, -0.05) is 0 Å². The molecule has 0 amide bonds. The van der Waals surface area contributed by atoms with E-state index in [2.05, 4.69) is 10.3 Å². The molecule has 4 heteroatoms. The fraction of sp³-hybridized carbons (Fsp3) is 0.500. The molecule has 0 unspecified atom stereocenters. The van der Waals surface area contributed by atoms with Crippen molar-refractivity contribution in [3.05, 3.63) is 18.2 Å². The third-order valence-corrected chi connectivity index (χ3v) is 1.68. The second-order valence-electron chi connectivity index (χ2n) is 2.52. The van der Waals surface area contributed by atoms with E-state index in [9.17, 15) is 4.79 Å². The van der Waals surface area contributed by atoms with Crippen LogP contribution in [0.15, 0.2) is 12.5 Å². The second-order valence-corrected chi connectivity index (χ2v) is 2.52. The Morgan fingerprint density at radius 3 is 3.08 bits per heavy atom. The maximum absolute atomic E-state index is 11.4. The standard InChI is InChI=1S/C8H13N3O/c1-3-11-6-10-4-7(11)8(12)5-9-2/h4,6,9H,3,5H2,1-2H3. The first-order chi connectivity index (χ1) is 5.79. The summed E-state index contributed by atoms with van der Waals surface area (Å²) in [6.07, 6.45) is 3.27. The van der Waals surface area contributed by atoms with Crippen LogP contribution in [0.5, 0.6) is 0 Å². The van der Waals surface area contributed by atoms with Crippen molar-refractivity contribution in [1.29, 1.82) is 0 Å². The summed E-state index contributed by atoms with van der Waals surface area (Å²) in [7, 11) is 1.75. The third kappa shape index (κ3) is 1.71. The highest BCUT2D eigenvalue weighted by Crippen LogP contribution is 1.99. The average Bonchev–Trinajstić information content (AvgIpc) is 2.51. The van der Waals surface area contributed by atoms with Crippen LogP contribution >= 0.6 is 0 Å². The number of Topliss-reactive ketones (excluding diaryl/α,β-unsaturated/α-hetero) is 1. The number of carbonyl (C=O) groups is 1. The number of nitrogens with one attached hydrogen (secondary N) is 1. The van der Waals surface area contributed by atoms with Gasteiger partial charge in [0.2, 0.25) is 0 Å². The van der Waals surface area contributed by atoms with Crippen LogP contribution in [0.1, 0.15) is 17.4 Å². The van der Waals surface area contributed by atoms with Crippen molar-refractivity contribution in [2.75, 3.05) is 13.6 Å². The Morgan fingerprint density at radius 2 is 2.50 bits per heavy atom. The maximum Gasteiger partial charge on any atom is 0.194 e. The molecule has 1 aromatic rings. The van der Waals surface area contributed by atoms with Crippen LogP contribution in [0.4, 0.5) is 0 Å². The Labute approximate surface area is 71.6 Å². The van der Waals surface area contributed by atoms with Gasteiger partial charge in [0.1, 0.15) is 5.69 Å². The maximum atomic E-state index is 11.4. The number of carbonyl (C=O) groups excluding carboxylic acids is 1. The molecule has 1 N–H and O–H groups in total. The van der Waals surface area contributed by atoms with E-state index in [0.717, 1.165) is 6.54 Å². The van der Waals surface area contributed by atoms with Crippen LogP contribution in [-0.4, -0.2) is 28.9 Å². The van der Waals surface area contributed by atoms with Gasteiger partial charge in [-0.25, -0.2) is 4.98 Å². The second kappa shape index (κ2) is 4.01. The smallest absolute Gasteiger partial charge is 0.194 e. The number of hydrogen-bond acceptors (Lipinski definition) is 3. The van der Waals surface area contributed by atoms with Crippen LogP contribution < -0.4 is 5.32 Å². The van der Waals surface area contributed by atoms with E-state index >= 15 is 0 Å². The molecule has 1 heterocycles. The minimum Gasteiger partial charge on any atom is -0.328 e. The molecule has 0 atom stereocenters. The summed E-state index contributed by atoms with van der Waals surface area (Å²) in [4.78, 5) is 15.3. The summed E-state index contributed by atoms with van der Waals surface area (Å²) >= 11 is 0. The predicted octanol–water partition coefficient (Wildman–Crippen LogP) is 0.305. The third-order valence-electron chi connectivity index (χ3n) is 1.68. The van der Waals surface area contributed by atoms with Crippen molar-refractivity contribution in [2.24, 2.45) is 0 Å². The largest absolute Gasteiger partial charge is 0.328 e. The molecule has 0 radical (unpaired) electrons. The molecule has 0 aliphatic carbocycles. The summed E-state index contributed by atoms with van der Waals surface area (Å²) in [5.41, 5.74) is 0.673. The monoisotopic (exact) mass is 167 g/mol. The predicted molar refractivity (Wildman–Crippen MR) is 46.2 cm³/mol. The van der Waals surface area contributed by atoms with Gasteiger partial charge in [-0.2, -0.15) is 0 Å². The van der Waals surface area contributed by atoms with Gasteiger partial charge in [-0.3, -0.25) is 4.79 Å². The molecule has 0 spiro atoms. The van der Waals surface area contributed by atoms with Gasteiger partial charge in [0.15, 0.2) is 5.78 Å². The lowest BCUT2D eigenvalue weighted by Crippen LogP contribution is -2.21. The molecule has 66 valence electrons. The molecule has 0 bridgehead atoms. The molecule has 0 saturated heterocycles. The Hall–Kier alpha value is -1.16. The zero-order valence-corrected chi connectivity index (χ0v) is 7.37. The average molecular weight is 167 g/mol. The van der Waals surface area contributed by atoms with Crippen molar-refractivity contribution in [3.63, 3.8) is 0 Å². The Bertz CT molecular complexity index is 267. The zero-order valence-electron chi connectivity index (χ0n) is 7.37. The lowest BCUT2D eigenvalue weighted by Gasteiger charge is -2.02. The zero-order chi connectivity index (χ0) is 8.97. The lowest BCUT2D eigenvalue weighted by molar-refractivity contribution is 0.0985. The molecule has 1 rings (SSSR count). The van der Waals surface area contributed by atoms with Crippen LogP contribution in [0.3, 0.4) is 0 Å². The molecule has 1 aromatic heterocycles. The van der Waals surface area contributed by atoms with Crippen molar-refractivity contribution in [1.82, 2.24) is 14.9 Å². The van der Waals surface area contributed by atoms with Crippen molar-refractivity contribution in [2.45, 2.75) is 13.5 Å². The first kappa shape index (κ1) is 8.93. The number of nitrogens with zero attached hydrogens (tertiary/aromatic N) is 2. The van der Waals surface area contributed by atoms with Crippen molar-refractivity contribution in [3.8, 4) is 0 Å². The van der Waals surface area contributed by atoms with Crippen molar-refractivity contribution >= 4 is 5.78 Å². The van der Waals surface area contributed by atoms with E-state index in [1.807, 2.05) is 11.5 Å². The minimum absolute atomic E-state index is 0.0804. The number of likely N-dealkylation sites (N-methyl/N-ethyl adjacent to an activating group) is 1. The fourth-order valence-corrected chi connectivity index (χ4v) is 1.06. The van der Waals surface area contributed by atoms with Crippen LogP contribution in [0.2, 0.25) is 0 Å². The quantitative estimate of drug-likeness (QED) is 0.656. The van der Waals surface area contributed by atoms with Gasteiger partial charge >= 0.3 is 0 Å². The van der Waals surface area contributed by atoms with Crippen molar-refractivity contribution < 1.29 is 4.79 Å². The van der Waals surface area contributed by atoms with Crippen LogP contribution in [0, 0.1) is 0 Å². The fourth-order valence-electron chi connectivity index (χ4n) is 1.06. The number of hydrogen-bond donors (Lipinski definition) is 1. The summed E-state index contributed by atoms with van der Waals surface area (Å²) in [5, 5.41) is 2.82. The number of imidazole rings is 1. The van der Waals surface area contributed by atoms with Crippen LogP contribution in [-0.2, 0) is 6.54 Å². The summed E-state index contributed by atoms with van der Waals surface area (Å²) in [5.74, 6) is 0.0804. The van der Waals surface area contributed by atoms with Gasteiger partial charge in [-0.05, 0) is 14.0 Å². The van der Waals surface area contributed by atoms with E-state index in [1.165, 1.54) is 0 Å². The highest BCUT2D eigenvalue weighted by atomic mass is 16.1. The molecule has 4 nitrogen and oxygen atoms in total. The number of aryl methyl sites for hydroxylation is 1. The first-order valence-corrected chi connectivity index (χ1v) is 3.97. The molecule has 12 heavy (non-hydrogen) atoms. The SMILES string of the molecule is CCn1cncc1C(=O)CNC. The number of aromatic nitrogens is 2. The van der Waals surface area contributed by atoms with E-state index in [1.54, 1.807) is 19.6 Å². The first-order valence-electron chi connectivity index (χ1n) is 3.97. The van der Waals surface area contributed by atoms with E-state index in [-0.39, 0.29) is 5.78 Å². The van der Waals surface area contributed by atoms with Gasteiger partial charge in [-0.15, -0.1) is 0 Å². The summed E-state index contributed by atoms with van der Waals surface area (Å²) < 4.78 is 1.83. The number of ketones is 1. The van der Waals surface area contributed by atoms with E-state index in [0.29, 0.717) is 12.2 Å². The topological polar surface area (TPSA) is 46.9 Å². The molecule has 0 aliphatic rings. The Balaban J connectivity index is 2.79. The number of rotatable bonds is 4. The summed E-state index contributed by atoms with van der Waals surface area (Å²) in [6, 6.07) is 0. The van der Waals surface area contributed by atoms with E-state index < -0.39 is 0 Å². The van der Waals surface area contributed by atoms with E-state index in [4.69, 9.17) is 0 Å².